The number of hydrogen-bond donors (Lipinski definition) is 1. The molecule has 3 aliphatic rings. The van der Waals surface area contributed by atoms with Crippen molar-refractivity contribution < 1.29 is 23.2 Å². The van der Waals surface area contributed by atoms with E-state index in [1.807, 2.05) is 11.4 Å². The Bertz CT molecular complexity index is 251. The topological polar surface area (TPSA) is 68.2 Å². The zero-order valence-corrected chi connectivity index (χ0v) is 9.64. The Kier molecular flexibility index (Phi) is 3.07. The van der Waals surface area contributed by atoms with Crippen LogP contribution < -0.4 is 0 Å². The van der Waals surface area contributed by atoms with Gasteiger partial charge in [-0.1, -0.05) is 0 Å². The molecule has 0 aromatic heterocycles. The molecule has 2 bridgehead atoms. The summed E-state index contributed by atoms with van der Waals surface area (Å²) in [5, 5.41) is 9.06. The molecule has 3 heterocycles. The first kappa shape index (κ1) is 11.0. The van der Waals surface area contributed by atoms with Gasteiger partial charge in [0.25, 0.3) is 0 Å². The predicted molar refractivity (Wildman–Crippen MR) is 52.5 cm³/mol. The van der Waals surface area contributed by atoms with E-state index in [0.29, 0.717) is 26.3 Å². The minimum absolute atomic E-state index is 0.151. The van der Waals surface area contributed by atoms with Crippen molar-refractivity contribution in [2.24, 2.45) is 0 Å². The molecule has 0 aromatic rings. The van der Waals surface area contributed by atoms with Gasteiger partial charge in [0.05, 0.1) is 19.8 Å². The smallest absolute Gasteiger partial charge is 0.480 e. The number of fused-ring (bicyclic) bond motifs is 6. The molecule has 86 valence electrons. The molecular weight excluding hydrogens is 218 g/mol. The molecule has 1 N–H and O–H groups in total. The molecule has 3 fully saturated rings. The van der Waals surface area contributed by atoms with Gasteiger partial charge < -0.3 is 18.4 Å². The molecule has 1 unspecified atom stereocenters. The number of nitrogens with zero attached hydrogens (tertiary/aromatic N) is 1. The van der Waals surface area contributed by atoms with Crippen molar-refractivity contribution in [3.8, 4) is 0 Å². The number of aliphatic carboxylic acids is 1. The number of carboxylic acids is 1. The average Bonchev–Trinajstić information content (AvgIpc) is 2.08. The first-order valence-electron chi connectivity index (χ1n) is 4.99. The summed E-state index contributed by atoms with van der Waals surface area (Å²) in [6.45, 7) is 4.18. The van der Waals surface area contributed by atoms with Crippen molar-refractivity contribution in [2.75, 3.05) is 32.9 Å². The Balaban J connectivity index is 2.16. The summed E-state index contributed by atoms with van der Waals surface area (Å²) in [6.07, 6.45) is 0. The number of rotatable bonds is 1. The summed E-state index contributed by atoms with van der Waals surface area (Å²) in [6, 6.07) is -0.565. The van der Waals surface area contributed by atoms with E-state index in [-0.39, 0.29) is 6.61 Å². The molecule has 3 rings (SSSR count). The van der Waals surface area contributed by atoms with Crippen molar-refractivity contribution >= 4 is 14.8 Å². The lowest BCUT2D eigenvalue weighted by Gasteiger charge is -2.39. The molecule has 0 spiro atoms. The maximum absolute atomic E-state index is 11.0. The zero-order chi connectivity index (χ0) is 10.9. The highest BCUT2D eigenvalue weighted by Crippen LogP contribution is 2.18. The van der Waals surface area contributed by atoms with E-state index in [2.05, 4.69) is 0 Å². The van der Waals surface area contributed by atoms with E-state index in [9.17, 15) is 4.79 Å². The summed E-state index contributed by atoms with van der Waals surface area (Å²) < 4.78 is 16.5. The van der Waals surface area contributed by atoms with Crippen LogP contribution in [0.5, 0.6) is 0 Å². The van der Waals surface area contributed by atoms with Gasteiger partial charge in [0.15, 0.2) is 0 Å². The van der Waals surface area contributed by atoms with Crippen LogP contribution >= 0.6 is 0 Å². The Morgan fingerprint density at radius 1 is 1.33 bits per heavy atom. The minimum Gasteiger partial charge on any atom is -0.480 e. The predicted octanol–water partition coefficient (Wildman–Crippen LogP) is -0.613. The maximum Gasteiger partial charge on any atom is 0.497 e. The largest absolute Gasteiger partial charge is 0.497 e. The van der Waals surface area contributed by atoms with E-state index < -0.39 is 20.8 Å². The standard InChI is InChI=1S/C8H15NO5Si/c1-15-12-4-2-9(3-5-13-15)7(6-14-15)8(10)11/h7H,2-6H2,1H3,(H,10,11). The van der Waals surface area contributed by atoms with Gasteiger partial charge in [-0.2, -0.15) is 0 Å². The molecule has 15 heavy (non-hydrogen) atoms. The van der Waals surface area contributed by atoms with Gasteiger partial charge in [0.2, 0.25) is 0 Å². The number of carbonyl (C=O) groups is 1. The number of hydrogen-bond acceptors (Lipinski definition) is 5. The Morgan fingerprint density at radius 3 is 2.47 bits per heavy atom. The fourth-order valence-corrected chi connectivity index (χ4v) is 3.44. The van der Waals surface area contributed by atoms with Crippen molar-refractivity contribution in [3.05, 3.63) is 0 Å². The second kappa shape index (κ2) is 4.18. The van der Waals surface area contributed by atoms with Crippen molar-refractivity contribution in [1.29, 1.82) is 0 Å². The van der Waals surface area contributed by atoms with Crippen LogP contribution in [0.3, 0.4) is 0 Å². The molecule has 0 aromatic carbocycles. The molecule has 1 atom stereocenters. The molecule has 3 saturated heterocycles. The summed E-state index contributed by atoms with van der Waals surface area (Å²) in [5.74, 6) is -0.838. The normalized spacial score (nSPS) is 41.7. The SMILES string of the molecule is C[Si]12OCCN(CCO1)C(C(=O)O)CO2. The molecule has 6 nitrogen and oxygen atoms in total. The second-order valence-electron chi connectivity index (χ2n) is 3.76. The van der Waals surface area contributed by atoms with Gasteiger partial charge in [-0.05, 0) is 0 Å². The van der Waals surface area contributed by atoms with Gasteiger partial charge >= 0.3 is 14.8 Å². The Labute approximate surface area is 89.1 Å². The van der Waals surface area contributed by atoms with Crippen LogP contribution in [-0.2, 0) is 18.1 Å². The minimum atomic E-state index is -2.56. The lowest BCUT2D eigenvalue weighted by molar-refractivity contribution is -0.148. The summed E-state index contributed by atoms with van der Waals surface area (Å²) >= 11 is 0. The van der Waals surface area contributed by atoms with Gasteiger partial charge in [-0.15, -0.1) is 0 Å². The molecule has 0 amide bonds. The van der Waals surface area contributed by atoms with Crippen LogP contribution in [0.4, 0.5) is 0 Å². The van der Waals surface area contributed by atoms with Crippen LogP contribution in [0.2, 0.25) is 6.55 Å². The van der Waals surface area contributed by atoms with Crippen LogP contribution in [0.1, 0.15) is 0 Å². The number of carboxylic acid groups (broad SMARTS) is 1. The molecule has 3 aliphatic heterocycles. The maximum atomic E-state index is 11.0. The highest BCUT2D eigenvalue weighted by molar-refractivity contribution is 6.59. The average molecular weight is 233 g/mol. The lowest BCUT2D eigenvalue weighted by Crippen LogP contribution is -2.58. The van der Waals surface area contributed by atoms with Gasteiger partial charge in [0.1, 0.15) is 6.04 Å². The highest BCUT2D eigenvalue weighted by Gasteiger charge is 2.42. The van der Waals surface area contributed by atoms with Crippen LogP contribution in [0, 0.1) is 0 Å². The third-order valence-electron chi connectivity index (χ3n) is 2.71. The van der Waals surface area contributed by atoms with Gasteiger partial charge in [-0.3, -0.25) is 9.69 Å². The zero-order valence-electron chi connectivity index (χ0n) is 8.64. The first-order chi connectivity index (χ1) is 7.11. The van der Waals surface area contributed by atoms with E-state index in [4.69, 9.17) is 18.4 Å². The molecule has 0 radical (unpaired) electrons. The Morgan fingerprint density at radius 2 is 1.93 bits per heavy atom. The van der Waals surface area contributed by atoms with E-state index in [1.54, 1.807) is 0 Å². The first-order valence-corrected chi connectivity index (χ1v) is 7.22. The van der Waals surface area contributed by atoms with E-state index >= 15 is 0 Å². The van der Waals surface area contributed by atoms with E-state index in [1.165, 1.54) is 0 Å². The third-order valence-corrected chi connectivity index (χ3v) is 4.86. The fourth-order valence-electron chi connectivity index (χ4n) is 1.81. The summed E-state index contributed by atoms with van der Waals surface area (Å²) in [4.78, 5) is 12.9. The Hall–Kier alpha value is -0.473. The van der Waals surface area contributed by atoms with Gasteiger partial charge in [-0.25, -0.2) is 0 Å². The molecular formula is C8H15NO5Si. The third kappa shape index (κ3) is 2.37. The monoisotopic (exact) mass is 233 g/mol. The second-order valence-corrected chi connectivity index (χ2v) is 6.35. The van der Waals surface area contributed by atoms with Crippen LogP contribution in [0.25, 0.3) is 0 Å². The van der Waals surface area contributed by atoms with Crippen molar-refractivity contribution in [1.82, 2.24) is 4.90 Å². The van der Waals surface area contributed by atoms with Gasteiger partial charge in [0, 0.05) is 19.6 Å². The summed E-state index contributed by atoms with van der Waals surface area (Å²) in [7, 11) is -2.56. The lowest BCUT2D eigenvalue weighted by atomic mass is 10.2. The molecule has 7 heteroatoms. The fraction of sp³-hybridized carbons (Fsp3) is 0.875. The van der Waals surface area contributed by atoms with Crippen molar-refractivity contribution in [2.45, 2.75) is 12.6 Å². The molecule has 0 aliphatic carbocycles. The highest BCUT2D eigenvalue weighted by atomic mass is 28.4. The van der Waals surface area contributed by atoms with E-state index in [0.717, 1.165) is 0 Å². The summed E-state index contributed by atoms with van der Waals surface area (Å²) in [5.41, 5.74) is 0. The van der Waals surface area contributed by atoms with Crippen molar-refractivity contribution in [3.63, 3.8) is 0 Å². The van der Waals surface area contributed by atoms with Crippen LogP contribution in [-0.4, -0.2) is 63.7 Å². The quantitative estimate of drug-likeness (QED) is 0.609. The van der Waals surface area contributed by atoms with Crippen LogP contribution in [0.15, 0.2) is 0 Å². The molecule has 0 saturated carbocycles.